The summed E-state index contributed by atoms with van der Waals surface area (Å²) in [4.78, 5) is 12.9. The molecule has 1 aliphatic heterocycles. The van der Waals surface area contributed by atoms with Gasteiger partial charge in [0.25, 0.3) is 0 Å². The first-order chi connectivity index (χ1) is 9.72. The lowest BCUT2D eigenvalue weighted by Crippen LogP contribution is -2.33. The molecule has 0 saturated carbocycles. The van der Waals surface area contributed by atoms with Gasteiger partial charge in [-0.05, 0) is 38.1 Å². The SMILES string of the molecule is N#Cc1cccc(NCCN2CCCCC2)c1[N+](=O)[O-]. The van der Waals surface area contributed by atoms with E-state index in [4.69, 9.17) is 5.26 Å². The van der Waals surface area contributed by atoms with Gasteiger partial charge in [0.05, 0.1) is 4.92 Å². The molecule has 0 atom stereocenters. The molecule has 1 aromatic carbocycles. The number of benzene rings is 1. The van der Waals surface area contributed by atoms with Gasteiger partial charge >= 0.3 is 5.69 Å². The topological polar surface area (TPSA) is 82.2 Å². The van der Waals surface area contributed by atoms with Crippen molar-refractivity contribution in [1.82, 2.24) is 4.90 Å². The van der Waals surface area contributed by atoms with Crippen LogP contribution >= 0.6 is 0 Å². The molecule has 2 rings (SSSR count). The lowest BCUT2D eigenvalue weighted by atomic mass is 10.1. The van der Waals surface area contributed by atoms with Crippen molar-refractivity contribution < 1.29 is 4.92 Å². The maximum Gasteiger partial charge on any atom is 0.309 e. The number of piperidine rings is 1. The number of para-hydroxylation sites is 1. The Morgan fingerprint density at radius 2 is 2.10 bits per heavy atom. The van der Waals surface area contributed by atoms with Crippen LogP contribution in [0, 0.1) is 21.4 Å². The first-order valence-electron chi connectivity index (χ1n) is 6.86. The van der Waals surface area contributed by atoms with Crippen molar-refractivity contribution in [1.29, 1.82) is 5.26 Å². The molecule has 0 aromatic heterocycles. The number of rotatable bonds is 5. The Morgan fingerprint density at radius 1 is 1.35 bits per heavy atom. The molecule has 0 aliphatic carbocycles. The summed E-state index contributed by atoms with van der Waals surface area (Å²) in [7, 11) is 0. The van der Waals surface area contributed by atoms with E-state index in [1.807, 2.05) is 6.07 Å². The van der Waals surface area contributed by atoms with Crippen LogP contribution in [0.25, 0.3) is 0 Å². The smallest absolute Gasteiger partial charge is 0.309 e. The van der Waals surface area contributed by atoms with E-state index in [0.29, 0.717) is 12.2 Å². The second kappa shape index (κ2) is 6.87. The third-order valence-electron chi connectivity index (χ3n) is 3.53. The van der Waals surface area contributed by atoms with E-state index in [9.17, 15) is 10.1 Å². The van der Waals surface area contributed by atoms with Crippen molar-refractivity contribution in [2.75, 3.05) is 31.5 Å². The number of nitrogens with one attached hydrogen (secondary N) is 1. The van der Waals surface area contributed by atoms with Crippen LogP contribution in [-0.2, 0) is 0 Å². The Labute approximate surface area is 118 Å². The summed E-state index contributed by atoms with van der Waals surface area (Å²) in [6.07, 6.45) is 3.74. The number of hydrogen-bond donors (Lipinski definition) is 1. The molecule has 0 bridgehead atoms. The Hall–Kier alpha value is -2.13. The summed E-state index contributed by atoms with van der Waals surface area (Å²) in [5.41, 5.74) is 0.387. The standard InChI is InChI=1S/C14H18N4O2/c15-11-12-5-4-6-13(14(12)18(19)20)16-7-10-17-8-2-1-3-9-17/h4-6,16H,1-3,7-10H2. The van der Waals surface area contributed by atoms with E-state index < -0.39 is 4.92 Å². The normalized spacial score (nSPS) is 15.6. The Kier molecular flexibility index (Phi) is 4.91. The minimum Gasteiger partial charge on any atom is -0.378 e. The summed E-state index contributed by atoms with van der Waals surface area (Å²) in [6.45, 7) is 3.72. The molecule has 1 saturated heterocycles. The van der Waals surface area contributed by atoms with Gasteiger partial charge in [0.2, 0.25) is 0 Å². The van der Waals surface area contributed by atoms with Crippen LogP contribution in [0.3, 0.4) is 0 Å². The minimum atomic E-state index is -0.498. The molecule has 1 heterocycles. The molecular weight excluding hydrogens is 256 g/mol. The minimum absolute atomic E-state index is 0.0953. The molecule has 0 amide bonds. The second-order valence-electron chi connectivity index (χ2n) is 4.90. The highest BCUT2D eigenvalue weighted by Crippen LogP contribution is 2.27. The molecule has 0 radical (unpaired) electrons. The van der Waals surface area contributed by atoms with Gasteiger partial charge in [0.15, 0.2) is 0 Å². The highest BCUT2D eigenvalue weighted by atomic mass is 16.6. The maximum absolute atomic E-state index is 11.1. The number of nitriles is 1. The highest BCUT2D eigenvalue weighted by Gasteiger charge is 2.19. The largest absolute Gasteiger partial charge is 0.378 e. The van der Waals surface area contributed by atoms with E-state index in [2.05, 4.69) is 10.2 Å². The Balaban J connectivity index is 1.98. The molecule has 6 nitrogen and oxygen atoms in total. The molecule has 0 spiro atoms. The van der Waals surface area contributed by atoms with Crippen molar-refractivity contribution in [3.05, 3.63) is 33.9 Å². The van der Waals surface area contributed by atoms with Crippen molar-refractivity contribution >= 4 is 11.4 Å². The van der Waals surface area contributed by atoms with Gasteiger partial charge < -0.3 is 10.2 Å². The van der Waals surface area contributed by atoms with Gasteiger partial charge in [-0.25, -0.2) is 0 Å². The predicted octanol–water partition coefficient (Wildman–Crippen LogP) is 2.36. The molecule has 1 N–H and O–H groups in total. The molecule has 1 aromatic rings. The summed E-state index contributed by atoms with van der Waals surface area (Å²) < 4.78 is 0. The van der Waals surface area contributed by atoms with Crippen LogP contribution in [0.5, 0.6) is 0 Å². The van der Waals surface area contributed by atoms with Crippen LogP contribution in [-0.4, -0.2) is 36.0 Å². The van der Waals surface area contributed by atoms with E-state index in [1.54, 1.807) is 12.1 Å². The van der Waals surface area contributed by atoms with Crippen LogP contribution in [0.4, 0.5) is 11.4 Å². The summed E-state index contributed by atoms with van der Waals surface area (Å²) in [5, 5.41) is 23.1. The zero-order valence-corrected chi connectivity index (χ0v) is 11.3. The maximum atomic E-state index is 11.1. The van der Waals surface area contributed by atoms with Crippen LogP contribution in [0.15, 0.2) is 18.2 Å². The van der Waals surface area contributed by atoms with Crippen molar-refractivity contribution in [2.24, 2.45) is 0 Å². The van der Waals surface area contributed by atoms with E-state index in [0.717, 1.165) is 19.6 Å². The monoisotopic (exact) mass is 274 g/mol. The number of nitrogens with zero attached hydrogens (tertiary/aromatic N) is 3. The summed E-state index contributed by atoms with van der Waals surface area (Å²) in [6, 6.07) is 6.64. The summed E-state index contributed by atoms with van der Waals surface area (Å²) >= 11 is 0. The van der Waals surface area contributed by atoms with Crippen LogP contribution < -0.4 is 5.32 Å². The lowest BCUT2D eigenvalue weighted by molar-refractivity contribution is -0.384. The average molecular weight is 274 g/mol. The van der Waals surface area contributed by atoms with E-state index >= 15 is 0 Å². The fourth-order valence-corrected chi connectivity index (χ4v) is 2.50. The number of anilines is 1. The van der Waals surface area contributed by atoms with Crippen molar-refractivity contribution in [2.45, 2.75) is 19.3 Å². The lowest BCUT2D eigenvalue weighted by Gasteiger charge is -2.26. The molecule has 1 fully saturated rings. The molecule has 106 valence electrons. The van der Waals surface area contributed by atoms with Gasteiger partial charge in [0.1, 0.15) is 17.3 Å². The van der Waals surface area contributed by atoms with E-state index in [1.165, 1.54) is 25.3 Å². The van der Waals surface area contributed by atoms with Crippen LogP contribution in [0.2, 0.25) is 0 Å². The highest BCUT2D eigenvalue weighted by molar-refractivity contribution is 5.68. The zero-order chi connectivity index (χ0) is 14.4. The van der Waals surface area contributed by atoms with Gasteiger partial charge in [-0.1, -0.05) is 12.5 Å². The molecule has 20 heavy (non-hydrogen) atoms. The first-order valence-corrected chi connectivity index (χ1v) is 6.86. The Morgan fingerprint density at radius 3 is 2.75 bits per heavy atom. The third kappa shape index (κ3) is 3.45. The van der Waals surface area contributed by atoms with Crippen LogP contribution in [0.1, 0.15) is 24.8 Å². The number of nitro benzene ring substituents is 1. The first kappa shape index (κ1) is 14.3. The third-order valence-corrected chi connectivity index (χ3v) is 3.53. The molecule has 0 unspecified atom stereocenters. The predicted molar refractivity (Wildman–Crippen MR) is 76.6 cm³/mol. The number of nitro groups is 1. The summed E-state index contributed by atoms with van der Waals surface area (Å²) in [5.74, 6) is 0. The zero-order valence-electron chi connectivity index (χ0n) is 11.3. The van der Waals surface area contributed by atoms with Crippen molar-refractivity contribution in [3.63, 3.8) is 0 Å². The number of likely N-dealkylation sites (tertiary alicyclic amines) is 1. The molecule has 6 heteroatoms. The molecular formula is C14H18N4O2. The fourth-order valence-electron chi connectivity index (χ4n) is 2.50. The average Bonchev–Trinajstić information content (AvgIpc) is 2.47. The second-order valence-corrected chi connectivity index (χ2v) is 4.90. The van der Waals surface area contributed by atoms with Gasteiger partial charge in [-0.3, -0.25) is 10.1 Å². The Bertz CT molecular complexity index is 518. The van der Waals surface area contributed by atoms with Gasteiger partial charge in [-0.15, -0.1) is 0 Å². The fraction of sp³-hybridized carbons (Fsp3) is 0.500. The van der Waals surface area contributed by atoms with Gasteiger partial charge in [-0.2, -0.15) is 5.26 Å². The van der Waals surface area contributed by atoms with Crippen molar-refractivity contribution in [3.8, 4) is 6.07 Å². The van der Waals surface area contributed by atoms with E-state index in [-0.39, 0.29) is 11.3 Å². The molecule has 1 aliphatic rings. The quantitative estimate of drug-likeness (QED) is 0.658. The van der Waals surface area contributed by atoms with Gasteiger partial charge in [0, 0.05) is 13.1 Å². The number of hydrogen-bond acceptors (Lipinski definition) is 5.